The number of carbonyl (C=O) groups excluding carboxylic acids is 3. The average Bonchev–Trinajstić information content (AvgIpc) is 3.02. The number of rotatable bonds is 5. The highest BCUT2D eigenvalue weighted by molar-refractivity contribution is 5.99. The van der Waals surface area contributed by atoms with Crippen molar-refractivity contribution in [3.8, 4) is 0 Å². The number of esters is 2. The van der Waals surface area contributed by atoms with E-state index in [9.17, 15) is 14.4 Å². The van der Waals surface area contributed by atoms with Gasteiger partial charge in [-0.25, -0.2) is 4.79 Å². The predicted octanol–water partition coefficient (Wildman–Crippen LogP) is 1.72. The molecule has 1 aliphatic rings. The summed E-state index contributed by atoms with van der Waals surface area (Å²) in [7, 11) is 0. The van der Waals surface area contributed by atoms with Crippen molar-refractivity contribution in [3.05, 3.63) is 35.9 Å². The van der Waals surface area contributed by atoms with Crippen LogP contribution in [0.4, 0.5) is 0 Å². The van der Waals surface area contributed by atoms with E-state index in [1.54, 1.807) is 31.2 Å². The van der Waals surface area contributed by atoms with Crippen LogP contribution in [0.1, 0.15) is 36.5 Å². The van der Waals surface area contributed by atoms with Crippen LogP contribution < -0.4 is 5.32 Å². The van der Waals surface area contributed by atoms with E-state index in [-0.39, 0.29) is 12.2 Å². The summed E-state index contributed by atoms with van der Waals surface area (Å²) >= 11 is 0. The van der Waals surface area contributed by atoms with Crippen molar-refractivity contribution in [2.75, 3.05) is 6.54 Å². The molecule has 0 bridgehead atoms. The van der Waals surface area contributed by atoms with Crippen LogP contribution >= 0.6 is 0 Å². The van der Waals surface area contributed by atoms with Crippen LogP contribution in [-0.4, -0.2) is 30.3 Å². The van der Waals surface area contributed by atoms with Gasteiger partial charge in [0, 0.05) is 12.0 Å². The predicted molar refractivity (Wildman–Crippen MR) is 76.7 cm³/mol. The third-order valence-electron chi connectivity index (χ3n) is 3.54. The number of hydrogen-bond acceptors (Lipinski definition) is 5. The molecule has 1 saturated heterocycles. The third kappa shape index (κ3) is 4.23. The van der Waals surface area contributed by atoms with Gasteiger partial charge in [0.05, 0.1) is 5.92 Å². The SMILES string of the molecule is CC(CC(=O)c1ccccc1)C(=O)OC(=O)[C@@H]1CCCN1. The molecule has 0 spiro atoms. The maximum atomic E-state index is 12.0. The van der Waals surface area contributed by atoms with E-state index in [1.165, 1.54) is 0 Å². The Hall–Kier alpha value is -2.01. The van der Waals surface area contributed by atoms with E-state index in [0.29, 0.717) is 12.0 Å². The van der Waals surface area contributed by atoms with Crippen molar-refractivity contribution in [2.24, 2.45) is 5.92 Å². The van der Waals surface area contributed by atoms with Gasteiger partial charge in [0.25, 0.3) is 0 Å². The van der Waals surface area contributed by atoms with E-state index in [0.717, 1.165) is 13.0 Å². The Morgan fingerprint density at radius 3 is 2.62 bits per heavy atom. The van der Waals surface area contributed by atoms with Gasteiger partial charge >= 0.3 is 11.9 Å². The first-order chi connectivity index (χ1) is 10.1. The summed E-state index contributed by atoms with van der Waals surface area (Å²) in [6, 6.07) is 8.37. The minimum Gasteiger partial charge on any atom is -0.392 e. The molecule has 5 nitrogen and oxygen atoms in total. The highest BCUT2D eigenvalue weighted by Crippen LogP contribution is 2.13. The van der Waals surface area contributed by atoms with Crippen molar-refractivity contribution in [1.82, 2.24) is 5.32 Å². The second-order valence-electron chi connectivity index (χ2n) is 5.28. The number of nitrogens with one attached hydrogen (secondary N) is 1. The second kappa shape index (κ2) is 7.13. The van der Waals surface area contributed by atoms with E-state index in [4.69, 9.17) is 4.74 Å². The second-order valence-corrected chi connectivity index (χ2v) is 5.28. The molecule has 5 heteroatoms. The molecule has 0 aliphatic carbocycles. The number of ketones is 1. The zero-order chi connectivity index (χ0) is 15.2. The van der Waals surface area contributed by atoms with E-state index >= 15 is 0 Å². The molecule has 112 valence electrons. The van der Waals surface area contributed by atoms with Gasteiger partial charge in [-0.05, 0) is 19.4 Å². The maximum Gasteiger partial charge on any atom is 0.330 e. The van der Waals surface area contributed by atoms with Gasteiger partial charge in [-0.1, -0.05) is 37.3 Å². The number of hydrogen-bond donors (Lipinski definition) is 1. The lowest BCUT2D eigenvalue weighted by atomic mass is 10.00. The summed E-state index contributed by atoms with van der Waals surface area (Å²) < 4.78 is 4.84. The van der Waals surface area contributed by atoms with Crippen LogP contribution in [0.2, 0.25) is 0 Å². The lowest BCUT2D eigenvalue weighted by Crippen LogP contribution is -2.35. The number of benzene rings is 1. The summed E-state index contributed by atoms with van der Waals surface area (Å²) in [6.07, 6.45) is 1.62. The minimum absolute atomic E-state index is 0.0359. The zero-order valence-electron chi connectivity index (χ0n) is 12.0. The van der Waals surface area contributed by atoms with Gasteiger partial charge in [0.15, 0.2) is 5.78 Å². The zero-order valence-corrected chi connectivity index (χ0v) is 12.0. The van der Waals surface area contributed by atoms with Crippen LogP contribution in [0, 0.1) is 5.92 Å². The standard InChI is InChI=1S/C16H19NO4/c1-11(10-14(18)12-6-3-2-4-7-12)15(19)21-16(20)13-8-5-9-17-13/h2-4,6-7,11,13,17H,5,8-10H2,1H3/t11?,13-/m0/s1. The fourth-order valence-corrected chi connectivity index (χ4v) is 2.26. The Bertz CT molecular complexity index is 520. The molecular weight excluding hydrogens is 270 g/mol. The van der Waals surface area contributed by atoms with Crippen LogP contribution in [0.3, 0.4) is 0 Å². The highest BCUT2D eigenvalue weighted by atomic mass is 16.6. The Morgan fingerprint density at radius 2 is 2.00 bits per heavy atom. The van der Waals surface area contributed by atoms with Crippen LogP contribution in [0.25, 0.3) is 0 Å². The smallest absolute Gasteiger partial charge is 0.330 e. The molecule has 1 aromatic rings. The van der Waals surface area contributed by atoms with Gasteiger partial charge in [0.1, 0.15) is 6.04 Å². The van der Waals surface area contributed by atoms with Gasteiger partial charge < -0.3 is 10.1 Å². The van der Waals surface area contributed by atoms with E-state index in [2.05, 4.69) is 5.32 Å². The maximum absolute atomic E-state index is 12.0. The molecular formula is C16H19NO4. The Labute approximate surface area is 123 Å². The molecule has 1 unspecified atom stereocenters. The molecule has 0 amide bonds. The van der Waals surface area contributed by atoms with E-state index < -0.39 is 23.9 Å². The lowest BCUT2D eigenvalue weighted by Gasteiger charge is -2.12. The average molecular weight is 289 g/mol. The summed E-state index contributed by atoms with van der Waals surface area (Å²) in [5.41, 5.74) is 0.556. The molecule has 2 rings (SSSR count). The Morgan fingerprint density at radius 1 is 1.29 bits per heavy atom. The molecule has 1 heterocycles. The van der Waals surface area contributed by atoms with Gasteiger partial charge in [-0.15, -0.1) is 0 Å². The highest BCUT2D eigenvalue weighted by Gasteiger charge is 2.28. The molecule has 1 N–H and O–H groups in total. The van der Waals surface area contributed by atoms with Gasteiger partial charge in [-0.2, -0.15) is 0 Å². The molecule has 0 aromatic heterocycles. The molecule has 21 heavy (non-hydrogen) atoms. The minimum atomic E-state index is -0.641. The van der Waals surface area contributed by atoms with Crippen molar-refractivity contribution in [3.63, 3.8) is 0 Å². The number of ether oxygens (including phenoxy) is 1. The number of Topliss-reactive ketones (excluding diaryl/α,β-unsaturated/α-hetero) is 1. The van der Waals surface area contributed by atoms with E-state index in [1.807, 2.05) is 6.07 Å². The fraction of sp³-hybridized carbons (Fsp3) is 0.438. The molecule has 0 saturated carbocycles. The van der Waals surface area contributed by atoms with Crippen LogP contribution in [0.15, 0.2) is 30.3 Å². The van der Waals surface area contributed by atoms with Crippen LogP contribution in [-0.2, 0) is 14.3 Å². The van der Waals surface area contributed by atoms with Crippen molar-refractivity contribution in [1.29, 1.82) is 0 Å². The van der Waals surface area contributed by atoms with Gasteiger partial charge in [-0.3, -0.25) is 9.59 Å². The van der Waals surface area contributed by atoms with Crippen LogP contribution in [0.5, 0.6) is 0 Å². The summed E-state index contributed by atoms with van der Waals surface area (Å²) in [5.74, 6) is -1.95. The lowest BCUT2D eigenvalue weighted by molar-refractivity contribution is -0.163. The first-order valence-electron chi connectivity index (χ1n) is 7.15. The quantitative estimate of drug-likeness (QED) is 0.507. The molecule has 2 atom stereocenters. The van der Waals surface area contributed by atoms with Gasteiger partial charge in [0.2, 0.25) is 0 Å². The monoisotopic (exact) mass is 289 g/mol. The fourth-order valence-electron chi connectivity index (χ4n) is 2.26. The summed E-state index contributed by atoms with van der Waals surface area (Å²) in [5, 5.41) is 2.97. The Balaban J connectivity index is 1.84. The summed E-state index contributed by atoms with van der Waals surface area (Å²) in [6.45, 7) is 2.36. The first-order valence-corrected chi connectivity index (χ1v) is 7.15. The van der Waals surface area contributed by atoms with Crippen molar-refractivity contribution >= 4 is 17.7 Å². The van der Waals surface area contributed by atoms with Crippen molar-refractivity contribution < 1.29 is 19.1 Å². The molecule has 1 fully saturated rings. The third-order valence-corrected chi connectivity index (χ3v) is 3.54. The topological polar surface area (TPSA) is 72.5 Å². The first kappa shape index (κ1) is 15.4. The van der Waals surface area contributed by atoms with Crippen molar-refractivity contribution in [2.45, 2.75) is 32.2 Å². The number of carbonyl (C=O) groups is 3. The molecule has 0 radical (unpaired) electrons. The normalized spacial score (nSPS) is 19.0. The largest absolute Gasteiger partial charge is 0.392 e. The molecule has 1 aromatic carbocycles. The summed E-state index contributed by atoms with van der Waals surface area (Å²) in [4.78, 5) is 35.6. The Kier molecular flexibility index (Phi) is 5.22. The molecule has 1 aliphatic heterocycles.